The first kappa shape index (κ1) is 14.0. The molecule has 2 amide bonds. The molecular formula is C13H14BrFN2O2. The van der Waals surface area contributed by atoms with Crippen LogP contribution < -0.4 is 5.32 Å². The van der Waals surface area contributed by atoms with Crippen LogP contribution in [0.1, 0.15) is 23.2 Å². The molecule has 0 atom stereocenters. The summed E-state index contributed by atoms with van der Waals surface area (Å²) in [5.74, 6) is -0.932. The third-order valence-electron chi connectivity index (χ3n) is 3.03. The van der Waals surface area contributed by atoms with E-state index in [0.717, 1.165) is 25.9 Å². The third-order valence-corrected chi connectivity index (χ3v) is 3.54. The van der Waals surface area contributed by atoms with E-state index in [2.05, 4.69) is 21.2 Å². The molecule has 102 valence electrons. The smallest absolute Gasteiger partial charge is 0.321 e. The van der Waals surface area contributed by atoms with Crippen molar-refractivity contribution in [3.63, 3.8) is 0 Å². The predicted molar refractivity (Wildman–Crippen MR) is 74.4 cm³/mol. The molecule has 0 aliphatic carbocycles. The van der Waals surface area contributed by atoms with Crippen LogP contribution in [0.4, 0.5) is 14.9 Å². The molecule has 1 aromatic carbocycles. The summed E-state index contributed by atoms with van der Waals surface area (Å²) in [7, 11) is 0. The number of Topliss-reactive ketones (excluding diaryl/α,β-unsaturated/α-hetero) is 1. The van der Waals surface area contributed by atoms with Crippen LogP contribution in [0.2, 0.25) is 0 Å². The highest BCUT2D eigenvalue weighted by Crippen LogP contribution is 2.17. The number of amides is 2. The van der Waals surface area contributed by atoms with Gasteiger partial charge in [0, 0.05) is 18.8 Å². The number of halogens is 2. The Hall–Kier alpha value is -1.43. The quantitative estimate of drug-likeness (QED) is 0.684. The maximum absolute atomic E-state index is 13.5. The molecule has 0 unspecified atom stereocenters. The van der Waals surface area contributed by atoms with Gasteiger partial charge in [0.1, 0.15) is 5.82 Å². The van der Waals surface area contributed by atoms with Gasteiger partial charge < -0.3 is 10.2 Å². The molecule has 1 N–H and O–H groups in total. The Morgan fingerprint density at radius 2 is 2.00 bits per heavy atom. The fourth-order valence-electron chi connectivity index (χ4n) is 2.01. The number of nitrogens with one attached hydrogen (secondary N) is 1. The van der Waals surface area contributed by atoms with E-state index in [4.69, 9.17) is 0 Å². The Kier molecular flexibility index (Phi) is 4.52. The highest BCUT2D eigenvalue weighted by molar-refractivity contribution is 9.09. The lowest BCUT2D eigenvalue weighted by Gasteiger charge is -2.16. The molecule has 0 spiro atoms. The minimum Gasteiger partial charge on any atom is -0.325 e. The highest BCUT2D eigenvalue weighted by Gasteiger charge is 2.18. The standard InChI is InChI=1S/C13H14BrFN2O2/c14-8-12(18)10-7-9(3-4-11(10)15)16-13(19)17-5-1-2-6-17/h3-4,7H,1-2,5-6,8H2,(H,16,19). The number of carbonyl (C=O) groups excluding carboxylic acids is 2. The van der Waals surface area contributed by atoms with Gasteiger partial charge in [0.05, 0.1) is 10.9 Å². The van der Waals surface area contributed by atoms with E-state index in [1.807, 2.05) is 0 Å². The second-order valence-electron chi connectivity index (χ2n) is 4.38. The van der Waals surface area contributed by atoms with E-state index in [9.17, 15) is 14.0 Å². The van der Waals surface area contributed by atoms with Crippen molar-refractivity contribution in [2.24, 2.45) is 0 Å². The number of hydrogen-bond acceptors (Lipinski definition) is 2. The van der Waals surface area contributed by atoms with Crippen LogP contribution in [0.3, 0.4) is 0 Å². The van der Waals surface area contributed by atoms with Gasteiger partial charge in [-0.15, -0.1) is 0 Å². The summed E-state index contributed by atoms with van der Waals surface area (Å²) in [4.78, 5) is 25.1. The minimum atomic E-state index is -0.580. The molecule has 6 heteroatoms. The number of rotatable bonds is 3. The Bertz CT molecular complexity index is 501. The van der Waals surface area contributed by atoms with Gasteiger partial charge in [0.2, 0.25) is 0 Å². The molecule has 1 saturated heterocycles. The second-order valence-corrected chi connectivity index (χ2v) is 4.94. The second kappa shape index (κ2) is 6.14. The predicted octanol–water partition coefficient (Wildman–Crippen LogP) is 3.03. The molecule has 0 aromatic heterocycles. The summed E-state index contributed by atoms with van der Waals surface area (Å²) < 4.78 is 13.5. The van der Waals surface area contributed by atoms with Crippen molar-refractivity contribution in [1.82, 2.24) is 4.90 Å². The molecule has 19 heavy (non-hydrogen) atoms. The maximum atomic E-state index is 13.5. The number of urea groups is 1. The van der Waals surface area contributed by atoms with E-state index < -0.39 is 5.82 Å². The number of alkyl halides is 1. The first-order valence-electron chi connectivity index (χ1n) is 6.06. The summed E-state index contributed by atoms with van der Waals surface area (Å²) in [5.41, 5.74) is 0.415. The molecule has 1 fully saturated rings. The molecule has 0 saturated carbocycles. The summed E-state index contributed by atoms with van der Waals surface area (Å²) in [6.45, 7) is 1.47. The number of benzene rings is 1. The van der Waals surface area contributed by atoms with E-state index in [1.54, 1.807) is 4.90 Å². The van der Waals surface area contributed by atoms with Crippen molar-refractivity contribution in [2.45, 2.75) is 12.8 Å². The lowest BCUT2D eigenvalue weighted by molar-refractivity contribution is 0.102. The van der Waals surface area contributed by atoms with Crippen molar-refractivity contribution >= 4 is 33.4 Å². The third kappa shape index (κ3) is 3.32. The van der Waals surface area contributed by atoms with Crippen LogP contribution in [-0.2, 0) is 0 Å². The zero-order valence-corrected chi connectivity index (χ0v) is 11.9. The molecule has 0 bridgehead atoms. The molecule has 1 aromatic rings. The molecular weight excluding hydrogens is 315 g/mol. The molecule has 2 rings (SSSR count). The van der Waals surface area contributed by atoms with E-state index in [0.29, 0.717) is 5.69 Å². The van der Waals surface area contributed by atoms with Gasteiger partial charge in [0.25, 0.3) is 0 Å². The lowest BCUT2D eigenvalue weighted by Crippen LogP contribution is -2.32. The van der Waals surface area contributed by atoms with Crippen LogP contribution in [0.25, 0.3) is 0 Å². The van der Waals surface area contributed by atoms with Gasteiger partial charge in [-0.05, 0) is 31.0 Å². The van der Waals surface area contributed by atoms with Gasteiger partial charge in [-0.2, -0.15) is 0 Å². The van der Waals surface area contributed by atoms with Gasteiger partial charge in [-0.25, -0.2) is 9.18 Å². The number of likely N-dealkylation sites (tertiary alicyclic amines) is 1. The van der Waals surface area contributed by atoms with E-state index in [-0.39, 0.29) is 22.7 Å². The van der Waals surface area contributed by atoms with Gasteiger partial charge in [0.15, 0.2) is 5.78 Å². The molecule has 0 radical (unpaired) electrons. The summed E-state index contributed by atoms with van der Waals surface area (Å²) in [6, 6.07) is 3.80. The lowest BCUT2D eigenvalue weighted by atomic mass is 10.1. The zero-order chi connectivity index (χ0) is 13.8. The summed E-state index contributed by atoms with van der Waals surface area (Å²) in [6.07, 6.45) is 2.01. The molecule has 1 heterocycles. The fraction of sp³-hybridized carbons (Fsp3) is 0.385. The summed E-state index contributed by atoms with van der Waals surface area (Å²) >= 11 is 3.00. The number of nitrogens with zero attached hydrogens (tertiary/aromatic N) is 1. The van der Waals surface area contributed by atoms with Crippen LogP contribution >= 0.6 is 15.9 Å². The Morgan fingerprint density at radius 3 is 2.63 bits per heavy atom. The topological polar surface area (TPSA) is 49.4 Å². The van der Waals surface area contributed by atoms with Crippen molar-refractivity contribution in [3.8, 4) is 0 Å². The van der Waals surface area contributed by atoms with E-state index in [1.165, 1.54) is 18.2 Å². The SMILES string of the molecule is O=C(CBr)c1cc(NC(=O)N2CCCC2)ccc1F. The van der Waals surface area contributed by atoms with Gasteiger partial charge >= 0.3 is 6.03 Å². The first-order chi connectivity index (χ1) is 9.11. The minimum absolute atomic E-state index is 0.0175. The normalized spacial score (nSPS) is 14.5. The van der Waals surface area contributed by atoms with Gasteiger partial charge in [-0.3, -0.25) is 4.79 Å². The number of carbonyl (C=O) groups is 2. The number of hydrogen-bond donors (Lipinski definition) is 1. The highest BCUT2D eigenvalue weighted by atomic mass is 79.9. The van der Waals surface area contributed by atoms with Crippen molar-refractivity contribution in [1.29, 1.82) is 0 Å². The first-order valence-corrected chi connectivity index (χ1v) is 7.18. The Labute approximate surface area is 119 Å². The van der Waals surface area contributed by atoms with Crippen LogP contribution in [0.15, 0.2) is 18.2 Å². The zero-order valence-electron chi connectivity index (χ0n) is 10.3. The van der Waals surface area contributed by atoms with Gasteiger partial charge in [-0.1, -0.05) is 15.9 Å². The van der Waals surface area contributed by atoms with Crippen LogP contribution in [-0.4, -0.2) is 35.1 Å². The van der Waals surface area contributed by atoms with Crippen molar-refractivity contribution in [2.75, 3.05) is 23.7 Å². The number of anilines is 1. The maximum Gasteiger partial charge on any atom is 0.321 e. The van der Waals surface area contributed by atoms with Crippen LogP contribution in [0, 0.1) is 5.82 Å². The summed E-state index contributed by atoms with van der Waals surface area (Å²) in [5, 5.41) is 2.73. The average Bonchev–Trinajstić information content (AvgIpc) is 2.94. The average molecular weight is 329 g/mol. The monoisotopic (exact) mass is 328 g/mol. The Balaban J connectivity index is 2.12. The van der Waals surface area contributed by atoms with E-state index >= 15 is 0 Å². The van der Waals surface area contributed by atoms with Crippen LogP contribution in [0.5, 0.6) is 0 Å². The molecule has 4 nitrogen and oxygen atoms in total. The molecule has 1 aliphatic rings. The largest absolute Gasteiger partial charge is 0.325 e. The number of ketones is 1. The Morgan fingerprint density at radius 1 is 1.32 bits per heavy atom. The van der Waals surface area contributed by atoms with Crippen molar-refractivity contribution in [3.05, 3.63) is 29.6 Å². The fourth-order valence-corrected chi connectivity index (χ4v) is 2.31. The van der Waals surface area contributed by atoms with Crippen molar-refractivity contribution < 1.29 is 14.0 Å². The molecule has 1 aliphatic heterocycles.